The number of carbonyl (C=O) groups excluding carboxylic acids is 1. The predicted octanol–water partition coefficient (Wildman–Crippen LogP) is 0.541. The lowest BCUT2D eigenvalue weighted by molar-refractivity contribution is -0.121. The molecule has 66 valence electrons. The zero-order chi connectivity index (χ0) is 8.97. The van der Waals surface area contributed by atoms with Crippen LogP contribution in [-0.4, -0.2) is 17.9 Å². The molecule has 0 saturated heterocycles. The molecule has 2 N–H and O–H groups in total. The van der Waals surface area contributed by atoms with Crippen LogP contribution in [0.4, 0.5) is 0 Å². The zero-order valence-electron chi connectivity index (χ0n) is 6.43. The summed E-state index contributed by atoms with van der Waals surface area (Å²) in [5, 5.41) is 1.89. The monoisotopic (exact) mass is 297 g/mol. The molecule has 1 amide bonds. The molecule has 0 atom stereocenters. The number of hydrogen-bond donors (Lipinski definition) is 2. The number of nitrogens with zero attached hydrogens (tertiary/aromatic N) is 1. The molecule has 0 aliphatic rings. The van der Waals surface area contributed by atoms with E-state index in [1.54, 1.807) is 7.05 Å². The zero-order valence-corrected chi connectivity index (χ0v) is 9.40. The Morgan fingerprint density at radius 2 is 2.58 bits per heavy atom. The van der Waals surface area contributed by atoms with E-state index in [0.717, 1.165) is 8.71 Å². The van der Waals surface area contributed by atoms with Gasteiger partial charge in [-0.1, -0.05) is 0 Å². The predicted molar refractivity (Wildman–Crippen MR) is 55.7 cm³/mol. The van der Waals surface area contributed by atoms with Crippen LogP contribution >= 0.6 is 33.9 Å². The fraction of sp³-hybridized carbons (Fsp3) is 0.333. The normalized spacial score (nSPS) is 9.83. The smallest absolute Gasteiger partial charge is 0.240 e. The quantitative estimate of drug-likeness (QED) is 0.632. The van der Waals surface area contributed by atoms with Gasteiger partial charge in [0.25, 0.3) is 0 Å². The van der Waals surface area contributed by atoms with E-state index >= 15 is 0 Å². The summed E-state index contributed by atoms with van der Waals surface area (Å²) in [5.41, 5.74) is 5.86. The summed E-state index contributed by atoms with van der Waals surface area (Å²) in [6.07, 6.45) is 0.334. The molecule has 0 saturated carbocycles. The standard InChI is InChI=1S/C6H8IN3OS/c1-8-10-5(11)2-4-3-12-6(7)9-4/h3,8H,2H2,1H3,(H,10,11). The van der Waals surface area contributed by atoms with Gasteiger partial charge in [0.2, 0.25) is 5.91 Å². The third-order valence-corrected chi connectivity index (χ3v) is 2.81. The summed E-state index contributed by atoms with van der Waals surface area (Å²) in [7, 11) is 1.66. The summed E-state index contributed by atoms with van der Waals surface area (Å²) < 4.78 is 0.958. The topological polar surface area (TPSA) is 54.0 Å². The number of amides is 1. The maximum Gasteiger partial charge on any atom is 0.240 e. The van der Waals surface area contributed by atoms with E-state index in [9.17, 15) is 4.79 Å². The van der Waals surface area contributed by atoms with E-state index in [1.165, 1.54) is 11.3 Å². The van der Waals surface area contributed by atoms with Crippen LogP contribution in [0.25, 0.3) is 0 Å². The average molecular weight is 297 g/mol. The van der Waals surface area contributed by atoms with Crippen LogP contribution in [0.5, 0.6) is 0 Å². The Hall–Kier alpha value is -0.210. The van der Waals surface area contributed by atoms with Crippen molar-refractivity contribution >= 4 is 39.8 Å². The highest BCUT2D eigenvalue weighted by molar-refractivity contribution is 14.1. The first kappa shape index (κ1) is 9.87. The van der Waals surface area contributed by atoms with Crippen LogP contribution in [0.2, 0.25) is 0 Å². The number of hydrazine groups is 1. The lowest BCUT2D eigenvalue weighted by Gasteiger charge is -1.98. The molecule has 1 heterocycles. The number of aromatic nitrogens is 1. The minimum atomic E-state index is -0.0702. The van der Waals surface area contributed by atoms with E-state index in [0.29, 0.717) is 6.42 Å². The van der Waals surface area contributed by atoms with Crippen molar-refractivity contribution in [2.24, 2.45) is 0 Å². The fourth-order valence-electron chi connectivity index (χ4n) is 0.712. The van der Waals surface area contributed by atoms with Gasteiger partial charge >= 0.3 is 0 Å². The number of thiazole rings is 1. The lowest BCUT2D eigenvalue weighted by atomic mass is 10.3. The second-order valence-corrected chi connectivity index (χ2v) is 4.68. The van der Waals surface area contributed by atoms with Crippen molar-refractivity contribution in [3.63, 3.8) is 0 Å². The van der Waals surface area contributed by atoms with E-state index in [2.05, 4.69) is 38.4 Å². The second kappa shape index (κ2) is 4.73. The number of halogens is 1. The molecule has 0 unspecified atom stereocenters. The number of carbonyl (C=O) groups is 1. The highest BCUT2D eigenvalue weighted by atomic mass is 127. The molecule has 0 aliphatic carbocycles. The van der Waals surface area contributed by atoms with Crippen molar-refractivity contribution in [3.8, 4) is 0 Å². The summed E-state index contributed by atoms with van der Waals surface area (Å²) in [4.78, 5) is 15.2. The van der Waals surface area contributed by atoms with Crippen molar-refractivity contribution in [1.29, 1.82) is 0 Å². The molecule has 0 spiro atoms. The molecule has 0 aromatic carbocycles. The minimum absolute atomic E-state index is 0.0702. The van der Waals surface area contributed by atoms with Gasteiger partial charge in [0.15, 0.2) is 3.01 Å². The van der Waals surface area contributed by atoms with Gasteiger partial charge in [-0.25, -0.2) is 10.4 Å². The molecule has 12 heavy (non-hydrogen) atoms. The van der Waals surface area contributed by atoms with Crippen LogP contribution < -0.4 is 10.9 Å². The van der Waals surface area contributed by atoms with Crippen molar-refractivity contribution < 1.29 is 4.79 Å². The van der Waals surface area contributed by atoms with Crippen LogP contribution in [0.15, 0.2) is 5.38 Å². The minimum Gasteiger partial charge on any atom is -0.292 e. The van der Waals surface area contributed by atoms with Gasteiger partial charge in [-0.15, -0.1) is 11.3 Å². The molecule has 0 aliphatic heterocycles. The fourth-order valence-corrected chi connectivity index (χ4v) is 1.94. The van der Waals surface area contributed by atoms with E-state index in [4.69, 9.17) is 0 Å². The molecular weight excluding hydrogens is 289 g/mol. The van der Waals surface area contributed by atoms with Crippen LogP contribution in [0.1, 0.15) is 5.69 Å². The average Bonchev–Trinajstić information content (AvgIpc) is 2.36. The summed E-state index contributed by atoms with van der Waals surface area (Å²) in [5.74, 6) is -0.0702. The molecule has 0 radical (unpaired) electrons. The summed E-state index contributed by atoms with van der Waals surface area (Å²) in [6, 6.07) is 0. The van der Waals surface area contributed by atoms with E-state index in [-0.39, 0.29) is 5.91 Å². The number of rotatable bonds is 3. The van der Waals surface area contributed by atoms with E-state index in [1.807, 2.05) is 5.38 Å². The Bertz CT molecular complexity index is 276. The van der Waals surface area contributed by atoms with Gasteiger partial charge in [-0.3, -0.25) is 10.2 Å². The Morgan fingerprint density at radius 3 is 3.08 bits per heavy atom. The molecule has 4 nitrogen and oxygen atoms in total. The van der Waals surface area contributed by atoms with Gasteiger partial charge < -0.3 is 0 Å². The van der Waals surface area contributed by atoms with Gasteiger partial charge in [-0.05, 0) is 22.6 Å². The van der Waals surface area contributed by atoms with Crippen LogP contribution in [0.3, 0.4) is 0 Å². The number of hydrogen-bond acceptors (Lipinski definition) is 4. The first-order valence-electron chi connectivity index (χ1n) is 3.28. The summed E-state index contributed by atoms with van der Waals surface area (Å²) >= 11 is 3.67. The highest BCUT2D eigenvalue weighted by Crippen LogP contribution is 2.11. The maximum absolute atomic E-state index is 11.0. The molecule has 1 aromatic heterocycles. The first-order valence-corrected chi connectivity index (χ1v) is 5.23. The number of nitrogens with one attached hydrogen (secondary N) is 2. The van der Waals surface area contributed by atoms with Crippen LogP contribution in [0, 0.1) is 3.01 Å². The largest absolute Gasteiger partial charge is 0.292 e. The third kappa shape index (κ3) is 3.03. The van der Waals surface area contributed by atoms with Gasteiger partial charge in [0.1, 0.15) is 0 Å². The molecule has 1 rings (SSSR count). The van der Waals surface area contributed by atoms with Gasteiger partial charge in [0, 0.05) is 12.4 Å². The van der Waals surface area contributed by atoms with Gasteiger partial charge in [-0.2, -0.15) is 0 Å². The SMILES string of the molecule is CNNC(=O)Cc1csc(I)n1. The van der Waals surface area contributed by atoms with Crippen LogP contribution in [-0.2, 0) is 11.2 Å². The molecule has 0 bridgehead atoms. The summed E-state index contributed by atoms with van der Waals surface area (Å²) in [6.45, 7) is 0. The Kier molecular flexibility index (Phi) is 3.89. The Balaban J connectivity index is 2.46. The Morgan fingerprint density at radius 1 is 1.83 bits per heavy atom. The van der Waals surface area contributed by atoms with Crippen molar-refractivity contribution in [2.45, 2.75) is 6.42 Å². The first-order chi connectivity index (χ1) is 5.72. The maximum atomic E-state index is 11.0. The van der Waals surface area contributed by atoms with Crippen molar-refractivity contribution in [2.75, 3.05) is 7.05 Å². The molecule has 0 fully saturated rings. The van der Waals surface area contributed by atoms with Crippen molar-refractivity contribution in [3.05, 3.63) is 14.1 Å². The van der Waals surface area contributed by atoms with Gasteiger partial charge in [0.05, 0.1) is 12.1 Å². The Labute approximate surface area is 87.9 Å². The lowest BCUT2D eigenvalue weighted by Crippen LogP contribution is -2.35. The third-order valence-electron chi connectivity index (χ3n) is 1.13. The molecule has 1 aromatic rings. The molecule has 6 heteroatoms. The highest BCUT2D eigenvalue weighted by Gasteiger charge is 2.04. The van der Waals surface area contributed by atoms with E-state index < -0.39 is 0 Å². The molecular formula is C6H8IN3OS. The second-order valence-electron chi connectivity index (χ2n) is 2.07. The van der Waals surface area contributed by atoms with Crippen molar-refractivity contribution in [1.82, 2.24) is 15.8 Å².